The third-order valence-corrected chi connectivity index (χ3v) is 6.66. The number of nitrogens with zero attached hydrogens (tertiary/aromatic N) is 1. The van der Waals surface area contributed by atoms with Gasteiger partial charge < -0.3 is 10.2 Å². The molecule has 1 aromatic heterocycles. The standard InChI is InChI=1S/C19H11Cl2N3O3S/c20-11-2-1-9(7-12(11)21)8-24-13-3-4-14-10(5-6-28-14)15(13)19(17(24)26)16(25)22-18(27)23-19/h1-7H,8H2,(H2,22,23,25,27). The Balaban J connectivity index is 1.71. The minimum atomic E-state index is -1.76. The molecule has 4 amide bonds. The van der Waals surface area contributed by atoms with Crippen molar-refractivity contribution in [1.82, 2.24) is 10.6 Å². The highest BCUT2D eigenvalue weighted by molar-refractivity contribution is 7.17. The number of thiophene rings is 1. The maximum atomic E-state index is 13.5. The molecule has 140 valence electrons. The summed E-state index contributed by atoms with van der Waals surface area (Å²) in [5, 5.41) is 8.22. The zero-order valence-corrected chi connectivity index (χ0v) is 16.4. The molecular formula is C19H11Cl2N3O3S. The maximum absolute atomic E-state index is 13.5. The summed E-state index contributed by atoms with van der Waals surface area (Å²) in [7, 11) is 0. The zero-order valence-electron chi connectivity index (χ0n) is 14.1. The van der Waals surface area contributed by atoms with Crippen molar-refractivity contribution in [2.45, 2.75) is 12.1 Å². The Morgan fingerprint density at radius 3 is 2.57 bits per heavy atom. The van der Waals surface area contributed by atoms with Gasteiger partial charge in [0.25, 0.3) is 11.8 Å². The molecule has 2 aliphatic rings. The molecule has 1 fully saturated rings. The smallest absolute Gasteiger partial charge is 0.312 e. The predicted molar refractivity (Wildman–Crippen MR) is 108 cm³/mol. The van der Waals surface area contributed by atoms with Crippen LogP contribution >= 0.6 is 34.5 Å². The highest BCUT2D eigenvalue weighted by atomic mass is 35.5. The van der Waals surface area contributed by atoms with Gasteiger partial charge in [0.2, 0.25) is 5.54 Å². The van der Waals surface area contributed by atoms with Crippen molar-refractivity contribution in [2.75, 3.05) is 4.90 Å². The Bertz CT molecular complexity index is 1210. The van der Waals surface area contributed by atoms with Crippen LogP contribution in [0.2, 0.25) is 10.0 Å². The Morgan fingerprint density at radius 2 is 1.86 bits per heavy atom. The summed E-state index contributed by atoms with van der Waals surface area (Å²) in [6, 6.07) is 9.98. The highest BCUT2D eigenvalue weighted by Gasteiger charge is 2.62. The van der Waals surface area contributed by atoms with E-state index in [1.54, 1.807) is 24.3 Å². The first kappa shape index (κ1) is 17.5. The summed E-state index contributed by atoms with van der Waals surface area (Å²) in [6.45, 7) is 0.184. The molecule has 0 bridgehead atoms. The lowest BCUT2D eigenvalue weighted by molar-refractivity contribution is -0.133. The number of hydrogen-bond acceptors (Lipinski definition) is 4. The van der Waals surface area contributed by atoms with Crippen LogP contribution in [0.4, 0.5) is 10.5 Å². The minimum Gasteiger partial charge on any atom is -0.312 e. The first-order valence-electron chi connectivity index (χ1n) is 8.32. The number of fused-ring (bicyclic) bond motifs is 4. The fraction of sp³-hybridized carbons (Fsp3) is 0.105. The van der Waals surface area contributed by atoms with Crippen LogP contribution in [0.25, 0.3) is 10.1 Å². The summed E-state index contributed by atoms with van der Waals surface area (Å²) in [5.74, 6) is -1.17. The summed E-state index contributed by atoms with van der Waals surface area (Å²) in [5.41, 5.74) is 0.0725. The number of imide groups is 1. The van der Waals surface area contributed by atoms with Crippen molar-refractivity contribution >= 4 is 68.2 Å². The average Bonchev–Trinajstić information content (AvgIpc) is 3.30. The lowest BCUT2D eigenvalue weighted by atomic mass is 9.89. The molecule has 3 aromatic rings. The molecule has 2 aliphatic heterocycles. The normalized spacial score (nSPS) is 20.8. The first-order chi connectivity index (χ1) is 13.4. The molecule has 9 heteroatoms. The quantitative estimate of drug-likeness (QED) is 0.478. The summed E-state index contributed by atoms with van der Waals surface area (Å²) >= 11 is 13.6. The number of amides is 4. The summed E-state index contributed by atoms with van der Waals surface area (Å²) < 4.78 is 0.927. The van der Waals surface area contributed by atoms with Gasteiger partial charge in [-0.1, -0.05) is 29.3 Å². The van der Waals surface area contributed by atoms with Crippen molar-refractivity contribution < 1.29 is 14.4 Å². The molecular weight excluding hydrogens is 421 g/mol. The van der Waals surface area contributed by atoms with E-state index < -0.39 is 23.4 Å². The van der Waals surface area contributed by atoms with Crippen molar-refractivity contribution in [3.63, 3.8) is 0 Å². The lowest BCUT2D eigenvalue weighted by Gasteiger charge is -2.21. The molecule has 28 heavy (non-hydrogen) atoms. The fourth-order valence-corrected chi connectivity index (χ4v) is 4.94. The molecule has 0 radical (unpaired) electrons. The third-order valence-electron chi connectivity index (χ3n) is 5.04. The van der Waals surface area contributed by atoms with E-state index in [4.69, 9.17) is 23.2 Å². The minimum absolute atomic E-state index is 0.184. The SMILES string of the molecule is O=C1NC(=O)C2(N1)C(=O)N(Cc1ccc(Cl)c(Cl)c1)c1ccc3sccc3c12. The number of urea groups is 1. The van der Waals surface area contributed by atoms with Crippen LogP contribution in [0.1, 0.15) is 11.1 Å². The van der Waals surface area contributed by atoms with Gasteiger partial charge in [-0.25, -0.2) is 4.79 Å². The van der Waals surface area contributed by atoms with Gasteiger partial charge in [0.15, 0.2) is 0 Å². The maximum Gasteiger partial charge on any atom is 0.323 e. The molecule has 1 atom stereocenters. The van der Waals surface area contributed by atoms with E-state index in [0.717, 1.165) is 15.6 Å². The van der Waals surface area contributed by atoms with Crippen molar-refractivity contribution in [2.24, 2.45) is 0 Å². The van der Waals surface area contributed by atoms with Gasteiger partial charge >= 0.3 is 6.03 Å². The fourth-order valence-electron chi connectivity index (χ4n) is 3.83. The van der Waals surface area contributed by atoms with Crippen LogP contribution < -0.4 is 15.5 Å². The first-order valence-corrected chi connectivity index (χ1v) is 9.95. The van der Waals surface area contributed by atoms with Gasteiger partial charge in [0.1, 0.15) is 0 Å². The van der Waals surface area contributed by atoms with E-state index in [0.29, 0.717) is 21.3 Å². The largest absolute Gasteiger partial charge is 0.323 e. The highest BCUT2D eigenvalue weighted by Crippen LogP contribution is 2.47. The molecule has 5 rings (SSSR count). The van der Waals surface area contributed by atoms with Crippen LogP contribution in [0.5, 0.6) is 0 Å². The molecule has 2 aromatic carbocycles. The number of anilines is 1. The second kappa shape index (κ2) is 5.94. The molecule has 3 heterocycles. The van der Waals surface area contributed by atoms with E-state index in [9.17, 15) is 14.4 Å². The third kappa shape index (κ3) is 2.24. The van der Waals surface area contributed by atoms with Gasteiger partial charge in [-0.3, -0.25) is 14.9 Å². The number of halogens is 2. The van der Waals surface area contributed by atoms with E-state index in [1.807, 2.05) is 17.5 Å². The van der Waals surface area contributed by atoms with E-state index in [1.165, 1.54) is 16.2 Å². The number of carbonyl (C=O) groups excluding carboxylic acids is 3. The molecule has 0 aliphatic carbocycles. The van der Waals surface area contributed by atoms with Gasteiger partial charge in [-0.15, -0.1) is 11.3 Å². The summed E-state index contributed by atoms with van der Waals surface area (Å²) in [6.07, 6.45) is 0. The van der Waals surface area contributed by atoms with Gasteiger partial charge in [-0.2, -0.15) is 0 Å². The van der Waals surface area contributed by atoms with E-state index in [-0.39, 0.29) is 6.54 Å². The van der Waals surface area contributed by atoms with Crippen LogP contribution in [0.3, 0.4) is 0 Å². The predicted octanol–water partition coefficient (Wildman–Crippen LogP) is 3.79. The van der Waals surface area contributed by atoms with Gasteiger partial charge in [-0.05, 0) is 41.3 Å². The van der Waals surface area contributed by atoms with Gasteiger partial charge in [0.05, 0.1) is 22.3 Å². The number of nitrogens with one attached hydrogen (secondary N) is 2. The van der Waals surface area contributed by atoms with Crippen molar-refractivity contribution in [3.8, 4) is 0 Å². The lowest BCUT2D eigenvalue weighted by Crippen LogP contribution is -2.52. The molecule has 2 N–H and O–H groups in total. The second-order valence-corrected chi connectivity index (χ2v) is 8.35. The number of benzene rings is 2. The second-order valence-electron chi connectivity index (χ2n) is 6.59. The molecule has 1 unspecified atom stereocenters. The summed E-state index contributed by atoms with van der Waals surface area (Å²) in [4.78, 5) is 39.7. The molecule has 6 nitrogen and oxygen atoms in total. The zero-order chi connectivity index (χ0) is 19.6. The Kier molecular flexibility index (Phi) is 3.71. The van der Waals surface area contributed by atoms with Crippen molar-refractivity contribution in [3.05, 3.63) is 63.0 Å². The van der Waals surface area contributed by atoms with Crippen LogP contribution in [0.15, 0.2) is 41.8 Å². The number of hydrogen-bond donors (Lipinski definition) is 2. The monoisotopic (exact) mass is 431 g/mol. The number of carbonyl (C=O) groups is 3. The van der Waals surface area contributed by atoms with Gasteiger partial charge in [0, 0.05) is 15.6 Å². The van der Waals surface area contributed by atoms with Crippen LogP contribution in [-0.2, 0) is 21.7 Å². The van der Waals surface area contributed by atoms with Crippen LogP contribution in [0, 0.1) is 0 Å². The molecule has 1 saturated heterocycles. The molecule has 0 saturated carbocycles. The Morgan fingerprint density at radius 1 is 1.04 bits per heavy atom. The molecule has 1 spiro atoms. The van der Waals surface area contributed by atoms with Crippen molar-refractivity contribution in [1.29, 1.82) is 0 Å². The van der Waals surface area contributed by atoms with E-state index in [2.05, 4.69) is 10.6 Å². The average molecular weight is 432 g/mol. The Hall–Kier alpha value is -2.61. The topological polar surface area (TPSA) is 78.5 Å². The Labute approximate surface area is 173 Å². The van der Waals surface area contributed by atoms with E-state index >= 15 is 0 Å². The van der Waals surface area contributed by atoms with Crippen LogP contribution in [-0.4, -0.2) is 17.8 Å². The number of rotatable bonds is 2.